The Kier molecular flexibility index (Phi) is 3.56. The van der Waals surface area contributed by atoms with Crippen molar-refractivity contribution in [1.29, 1.82) is 0 Å². The number of nitrogens with one attached hydrogen (secondary N) is 1. The fraction of sp³-hybridized carbons (Fsp3) is 0.286. The van der Waals surface area contributed by atoms with Gasteiger partial charge < -0.3 is 0 Å². The second kappa shape index (κ2) is 5.22. The Morgan fingerprint density at radius 2 is 2.10 bits per heavy atom. The average Bonchev–Trinajstić information content (AvgIpc) is 2.93. The van der Waals surface area contributed by atoms with Gasteiger partial charge in [-0.3, -0.25) is 14.8 Å². The summed E-state index contributed by atoms with van der Waals surface area (Å²) in [6, 6.07) is 7.96. The van der Waals surface area contributed by atoms with Gasteiger partial charge in [0.25, 0.3) is 0 Å². The summed E-state index contributed by atoms with van der Waals surface area (Å²) in [6.45, 7) is 2.46. The lowest BCUT2D eigenvalue weighted by Gasteiger charge is -2.15. The monoisotopic (exact) mass is 353 g/mol. The lowest BCUT2D eigenvalue weighted by Crippen LogP contribution is -2.25. The van der Waals surface area contributed by atoms with E-state index in [4.69, 9.17) is 11.6 Å². The van der Waals surface area contributed by atoms with E-state index < -0.39 is 0 Å². The van der Waals surface area contributed by atoms with Crippen LogP contribution in [0.25, 0.3) is 11.1 Å². The number of hydrogen-bond donors (Lipinski definition) is 1. The molecule has 1 N–H and O–H groups in total. The van der Waals surface area contributed by atoms with Crippen molar-refractivity contribution in [2.75, 3.05) is 11.4 Å². The van der Waals surface area contributed by atoms with Crippen LogP contribution in [0, 0.1) is 6.92 Å². The molecular formula is C14H13BrClN3O. The van der Waals surface area contributed by atoms with Gasteiger partial charge in [-0.1, -0.05) is 28.1 Å². The van der Waals surface area contributed by atoms with E-state index in [1.807, 2.05) is 31.2 Å². The molecule has 3 rings (SSSR count). The predicted octanol–water partition coefficient (Wildman–Crippen LogP) is 3.49. The number of rotatable bonds is 2. The molecule has 2 aromatic rings. The first-order chi connectivity index (χ1) is 9.56. The predicted molar refractivity (Wildman–Crippen MR) is 83.1 cm³/mol. The molecule has 0 aliphatic carbocycles. The number of anilines is 1. The van der Waals surface area contributed by atoms with Gasteiger partial charge in [-0.25, -0.2) is 0 Å². The number of halogens is 2. The van der Waals surface area contributed by atoms with Crippen molar-refractivity contribution in [2.24, 2.45) is 0 Å². The summed E-state index contributed by atoms with van der Waals surface area (Å²) in [7, 11) is 0. The van der Waals surface area contributed by atoms with Crippen LogP contribution in [0.3, 0.4) is 0 Å². The number of amides is 1. The number of aromatic nitrogens is 2. The summed E-state index contributed by atoms with van der Waals surface area (Å²) in [5.41, 5.74) is 2.92. The Balaban J connectivity index is 2.06. The third-order valence-electron chi connectivity index (χ3n) is 3.39. The van der Waals surface area contributed by atoms with E-state index >= 15 is 0 Å². The van der Waals surface area contributed by atoms with Crippen LogP contribution in [0.5, 0.6) is 0 Å². The third-order valence-corrected chi connectivity index (χ3v) is 4.22. The Hall–Kier alpha value is -1.33. The van der Waals surface area contributed by atoms with Crippen molar-refractivity contribution < 1.29 is 4.79 Å². The van der Waals surface area contributed by atoms with Gasteiger partial charge in [-0.05, 0) is 24.6 Å². The highest BCUT2D eigenvalue weighted by molar-refractivity contribution is 9.10. The van der Waals surface area contributed by atoms with E-state index in [-0.39, 0.29) is 11.3 Å². The second-order valence-corrected chi connectivity index (χ2v) is 6.39. The molecule has 0 saturated carbocycles. The molecule has 0 bridgehead atoms. The summed E-state index contributed by atoms with van der Waals surface area (Å²) in [6.07, 6.45) is 0.368. The first kappa shape index (κ1) is 13.6. The number of H-pyrrole nitrogens is 1. The Bertz CT molecular complexity index is 653. The van der Waals surface area contributed by atoms with Crippen LogP contribution in [-0.2, 0) is 4.79 Å². The van der Waals surface area contributed by atoms with Crippen LogP contribution in [-0.4, -0.2) is 28.0 Å². The van der Waals surface area contributed by atoms with Crippen molar-refractivity contribution >= 4 is 39.3 Å². The summed E-state index contributed by atoms with van der Waals surface area (Å²) in [5, 5.41) is 7.11. The number of benzene rings is 1. The van der Waals surface area contributed by atoms with Crippen molar-refractivity contribution in [3.8, 4) is 11.1 Å². The molecule has 20 heavy (non-hydrogen) atoms. The van der Waals surface area contributed by atoms with Crippen molar-refractivity contribution in [2.45, 2.75) is 18.7 Å². The van der Waals surface area contributed by atoms with Gasteiger partial charge in [0.05, 0.1) is 5.38 Å². The van der Waals surface area contributed by atoms with Crippen LogP contribution in [0.15, 0.2) is 28.7 Å². The van der Waals surface area contributed by atoms with Crippen LogP contribution < -0.4 is 4.90 Å². The van der Waals surface area contributed by atoms with Gasteiger partial charge >= 0.3 is 0 Å². The normalized spacial score (nSPS) is 18.9. The third kappa shape index (κ3) is 2.36. The molecule has 1 amide bonds. The van der Waals surface area contributed by atoms with Crippen LogP contribution in [0.2, 0.25) is 0 Å². The van der Waals surface area contributed by atoms with E-state index in [9.17, 15) is 4.79 Å². The van der Waals surface area contributed by atoms with Crippen LogP contribution >= 0.6 is 27.5 Å². The average molecular weight is 355 g/mol. The van der Waals surface area contributed by atoms with Gasteiger partial charge in [0.2, 0.25) is 5.91 Å². The second-order valence-electron chi connectivity index (χ2n) is 4.86. The SMILES string of the molecule is Cc1[nH]nc(N2CC(Cl)CC2=O)c1-c1ccc(Br)cc1. The van der Waals surface area contributed by atoms with Gasteiger partial charge in [-0.15, -0.1) is 11.6 Å². The molecule has 1 aromatic heterocycles. The van der Waals surface area contributed by atoms with E-state index in [0.717, 1.165) is 21.3 Å². The van der Waals surface area contributed by atoms with Crippen molar-refractivity contribution in [1.82, 2.24) is 10.2 Å². The van der Waals surface area contributed by atoms with Crippen LogP contribution in [0.4, 0.5) is 5.82 Å². The molecule has 2 heterocycles. The molecule has 1 saturated heterocycles. The molecule has 1 aliphatic heterocycles. The van der Waals surface area contributed by atoms with Crippen molar-refractivity contribution in [3.05, 3.63) is 34.4 Å². The first-order valence-electron chi connectivity index (χ1n) is 6.31. The smallest absolute Gasteiger partial charge is 0.229 e. The molecular weight excluding hydrogens is 342 g/mol. The Labute approximate surface area is 130 Å². The Morgan fingerprint density at radius 1 is 1.40 bits per heavy atom. The summed E-state index contributed by atoms with van der Waals surface area (Å²) in [4.78, 5) is 13.7. The highest BCUT2D eigenvalue weighted by Gasteiger charge is 2.32. The molecule has 4 nitrogen and oxygen atoms in total. The van der Waals surface area contributed by atoms with E-state index in [1.165, 1.54) is 0 Å². The molecule has 0 spiro atoms. The number of alkyl halides is 1. The molecule has 1 fully saturated rings. The minimum absolute atomic E-state index is 0.0230. The minimum Gasteiger partial charge on any atom is -0.293 e. The summed E-state index contributed by atoms with van der Waals surface area (Å²) < 4.78 is 1.02. The molecule has 1 unspecified atom stereocenters. The van der Waals surface area contributed by atoms with Gasteiger partial charge in [0, 0.05) is 28.7 Å². The highest BCUT2D eigenvalue weighted by Crippen LogP contribution is 2.35. The molecule has 1 atom stereocenters. The highest BCUT2D eigenvalue weighted by atomic mass is 79.9. The number of carbonyl (C=O) groups excluding carboxylic acids is 1. The molecule has 104 valence electrons. The molecule has 6 heteroatoms. The fourth-order valence-electron chi connectivity index (χ4n) is 2.44. The zero-order chi connectivity index (χ0) is 14.3. The lowest BCUT2D eigenvalue weighted by atomic mass is 10.1. The number of nitrogens with zero attached hydrogens (tertiary/aromatic N) is 2. The fourth-order valence-corrected chi connectivity index (χ4v) is 2.98. The van der Waals surface area contributed by atoms with E-state index in [1.54, 1.807) is 4.90 Å². The van der Waals surface area contributed by atoms with E-state index in [0.29, 0.717) is 18.8 Å². The minimum atomic E-state index is -0.141. The largest absolute Gasteiger partial charge is 0.293 e. The molecule has 1 aliphatic rings. The maximum absolute atomic E-state index is 12.0. The molecule has 0 radical (unpaired) electrons. The maximum atomic E-state index is 12.0. The number of aryl methyl sites for hydroxylation is 1. The zero-order valence-corrected chi connectivity index (χ0v) is 13.2. The number of hydrogen-bond acceptors (Lipinski definition) is 2. The van der Waals surface area contributed by atoms with Gasteiger partial charge in [0.1, 0.15) is 0 Å². The van der Waals surface area contributed by atoms with E-state index in [2.05, 4.69) is 26.1 Å². The van der Waals surface area contributed by atoms with Crippen LogP contribution in [0.1, 0.15) is 12.1 Å². The lowest BCUT2D eigenvalue weighted by molar-refractivity contribution is -0.117. The first-order valence-corrected chi connectivity index (χ1v) is 7.54. The number of aromatic amines is 1. The number of carbonyl (C=O) groups is 1. The maximum Gasteiger partial charge on any atom is 0.229 e. The zero-order valence-electron chi connectivity index (χ0n) is 10.9. The van der Waals surface area contributed by atoms with Crippen molar-refractivity contribution in [3.63, 3.8) is 0 Å². The quantitative estimate of drug-likeness (QED) is 0.839. The van der Waals surface area contributed by atoms with Gasteiger partial charge in [0.15, 0.2) is 5.82 Å². The van der Waals surface area contributed by atoms with Gasteiger partial charge in [-0.2, -0.15) is 5.10 Å². The summed E-state index contributed by atoms with van der Waals surface area (Å²) in [5.74, 6) is 0.688. The standard InChI is InChI=1S/C14H13BrClN3O/c1-8-13(9-2-4-10(15)5-3-9)14(18-17-8)19-7-11(16)6-12(19)20/h2-5,11H,6-7H2,1H3,(H,17,18). The topological polar surface area (TPSA) is 49.0 Å². The molecule has 1 aromatic carbocycles. The Morgan fingerprint density at radius 3 is 2.70 bits per heavy atom. The summed E-state index contributed by atoms with van der Waals surface area (Å²) >= 11 is 9.49.